The number of rotatable bonds is 8. The zero-order chi connectivity index (χ0) is 18.9. The smallest absolute Gasteiger partial charge is 0.322 e. The van der Waals surface area contributed by atoms with Gasteiger partial charge in [-0.05, 0) is 29.8 Å². The van der Waals surface area contributed by atoms with Crippen molar-refractivity contribution in [2.45, 2.75) is 12.5 Å². The lowest BCUT2D eigenvalue weighted by Gasteiger charge is -2.18. The van der Waals surface area contributed by atoms with Crippen LogP contribution in [0.2, 0.25) is 0 Å². The lowest BCUT2D eigenvalue weighted by atomic mass is 10.0. The number of hydrogen-bond donors (Lipinski definition) is 3. The lowest BCUT2D eigenvalue weighted by molar-refractivity contribution is -0.138. The van der Waals surface area contributed by atoms with Gasteiger partial charge < -0.3 is 20.5 Å². The average molecular weight is 356 g/mol. The maximum Gasteiger partial charge on any atom is 0.322 e. The molecule has 0 aliphatic carbocycles. The molecule has 2 rings (SSSR count). The monoisotopic (exact) mass is 356 g/mol. The van der Waals surface area contributed by atoms with Crippen LogP contribution < -0.4 is 15.4 Å². The molecule has 0 unspecified atom stereocenters. The predicted octanol–water partition coefficient (Wildman–Crippen LogP) is 1.24. The number of aliphatic carboxylic acids is 1. The van der Waals surface area contributed by atoms with Gasteiger partial charge in [-0.15, -0.1) is 0 Å². The number of carbonyl (C=O) groups is 3. The van der Waals surface area contributed by atoms with Gasteiger partial charge in [-0.25, -0.2) is 0 Å². The van der Waals surface area contributed by atoms with Crippen LogP contribution in [0.15, 0.2) is 54.6 Å². The fourth-order valence-corrected chi connectivity index (χ4v) is 2.33. The Morgan fingerprint density at radius 3 is 2.27 bits per heavy atom. The SMILES string of the molecule is COc1ccc(C(=O)N[C@@H](Cc2ccccc2)C(=O)NCC(=O)O)cc1. The summed E-state index contributed by atoms with van der Waals surface area (Å²) < 4.78 is 5.05. The van der Waals surface area contributed by atoms with E-state index < -0.39 is 30.4 Å². The molecule has 7 heteroatoms. The van der Waals surface area contributed by atoms with Crippen LogP contribution in [0.25, 0.3) is 0 Å². The van der Waals surface area contributed by atoms with Crippen LogP contribution in [0, 0.1) is 0 Å². The molecule has 0 aromatic heterocycles. The van der Waals surface area contributed by atoms with Crippen LogP contribution >= 0.6 is 0 Å². The van der Waals surface area contributed by atoms with Gasteiger partial charge in [-0.1, -0.05) is 30.3 Å². The Hall–Kier alpha value is -3.35. The molecule has 26 heavy (non-hydrogen) atoms. The molecular weight excluding hydrogens is 336 g/mol. The molecule has 0 aliphatic heterocycles. The fourth-order valence-electron chi connectivity index (χ4n) is 2.33. The van der Waals surface area contributed by atoms with Gasteiger partial charge in [0.15, 0.2) is 0 Å². The van der Waals surface area contributed by atoms with Crippen molar-refractivity contribution in [3.63, 3.8) is 0 Å². The molecule has 1 atom stereocenters. The van der Waals surface area contributed by atoms with E-state index in [0.29, 0.717) is 11.3 Å². The van der Waals surface area contributed by atoms with Gasteiger partial charge in [0.1, 0.15) is 18.3 Å². The van der Waals surface area contributed by atoms with Crippen LogP contribution in [0.1, 0.15) is 15.9 Å². The Bertz CT molecular complexity index is 759. The summed E-state index contributed by atoms with van der Waals surface area (Å²) in [6.45, 7) is -0.511. The molecule has 0 saturated heterocycles. The summed E-state index contributed by atoms with van der Waals surface area (Å²) in [6.07, 6.45) is 0.244. The van der Waals surface area contributed by atoms with Crippen molar-refractivity contribution in [2.75, 3.05) is 13.7 Å². The summed E-state index contributed by atoms with van der Waals surface area (Å²) in [5, 5.41) is 13.7. The average Bonchev–Trinajstić information content (AvgIpc) is 2.66. The second-order valence-electron chi connectivity index (χ2n) is 5.56. The Labute approximate surface area is 151 Å². The highest BCUT2D eigenvalue weighted by atomic mass is 16.5. The molecular formula is C19H20N2O5. The largest absolute Gasteiger partial charge is 0.497 e. The molecule has 0 heterocycles. The van der Waals surface area contributed by atoms with Crippen molar-refractivity contribution in [1.82, 2.24) is 10.6 Å². The van der Waals surface area contributed by atoms with Crippen molar-refractivity contribution < 1.29 is 24.2 Å². The molecule has 0 saturated carbocycles. The summed E-state index contributed by atoms with van der Waals surface area (Å²) in [7, 11) is 1.53. The maximum atomic E-state index is 12.4. The third-order valence-corrected chi connectivity index (χ3v) is 3.67. The van der Waals surface area contributed by atoms with Crippen molar-refractivity contribution in [3.8, 4) is 5.75 Å². The van der Waals surface area contributed by atoms with E-state index in [1.54, 1.807) is 24.3 Å². The summed E-state index contributed by atoms with van der Waals surface area (Å²) in [5.74, 6) is -1.53. The van der Waals surface area contributed by atoms with Crippen LogP contribution in [0.5, 0.6) is 5.75 Å². The Morgan fingerprint density at radius 1 is 1.04 bits per heavy atom. The number of methoxy groups -OCH3 is 1. The molecule has 0 fully saturated rings. The highest BCUT2D eigenvalue weighted by Crippen LogP contribution is 2.12. The Balaban J connectivity index is 2.11. The first-order chi connectivity index (χ1) is 12.5. The minimum Gasteiger partial charge on any atom is -0.497 e. The van der Waals surface area contributed by atoms with E-state index in [4.69, 9.17) is 9.84 Å². The molecule has 3 N–H and O–H groups in total. The number of nitrogens with one attached hydrogen (secondary N) is 2. The van der Waals surface area contributed by atoms with Crippen molar-refractivity contribution in [1.29, 1.82) is 0 Å². The van der Waals surface area contributed by atoms with E-state index in [1.165, 1.54) is 7.11 Å². The predicted molar refractivity (Wildman–Crippen MR) is 95.0 cm³/mol. The lowest BCUT2D eigenvalue weighted by Crippen LogP contribution is -2.49. The van der Waals surface area contributed by atoms with Crippen LogP contribution in [0.4, 0.5) is 0 Å². The highest BCUT2D eigenvalue weighted by molar-refractivity contribution is 5.98. The first-order valence-electron chi connectivity index (χ1n) is 7.98. The zero-order valence-electron chi connectivity index (χ0n) is 14.3. The van der Waals surface area contributed by atoms with Crippen molar-refractivity contribution >= 4 is 17.8 Å². The standard InChI is InChI=1S/C19H20N2O5/c1-26-15-9-7-14(8-10-15)18(24)21-16(19(25)20-12-17(22)23)11-13-5-3-2-4-6-13/h2-10,16H,11-12H2,1H3,(H,20,25)(H,21,24)(H,22,23)/t16-/m0/s1. The second-order valence-corrected chi connectivity index (χ2v) is 5.56. The first-order valence-corrected chi connectivity index (χ1v) is 7.98. The topological polar surface area (TPSA) is 105 Å². The van der Waals surface area contributed by atoms with Crippen LogP contribution in [-0.2, 0) is 16.0 Å². The van der Waals surface area contributed by atoms with E-state index in [-0.39, 0.29) is 6.42 Å². The van der Waals surface area contributed by atoms with Crippen LogP contribution in [0.3, 0.4) is 0 Å². The van der Waals surface area contributed by atoms with Crippen molar-refractivity contribution in [2.24, 2.45) is 0 Å². The molecule has 0 radical (unpaired) electrons. The Morgan fingerprint density at radius 2 is 1.69 bits per heavy atom. The van der Waals surface area contributed by atoms with Gasteiger partial charge in [0.05, 0.1) is 7.11 Å². The molecule has 2 aromatic carbocycles. The first kappa shape index (κ1) is 19.0. The summed E-state index contributed by atoms with van der Waals surface area (Å²) in [5.41, 5.74) is 1.22. The van der Waals surface area contributed by atoms with E-state index in [1.807, 2.05) is 30.3 Å². The van der Waals surface area contributed by atoms with Gasteiger partial charge in [0, 0.05) is 12.0 Å². The Kier molecular flexibility index (Phi) is 6.73. The minimum atomic E-state index is -1.15. The number of carboxylic acid groups (broad SMARTS) is 1. The zero-order valence-corrected chi connectivity index (χ0v) is 14.3. The van der Waals surface area contributed by atoms with E-state index in [9.17, 15) is 14.4 Å². The van der Waals surface area contributed by atoms with Gasteiger partial charge in [0.25, 0.3) is 5.91 Å². The molecule has 2 amide bonds. The van der Waals surface area contributed by atoms with E-state index >= 15 is 0 Å². The van der Waals surface area contributed by atoms with Gasteiger partial charge in [-0.2, -0.15) is 0 Å². The summed E-state index contributed by atoms with van der Waals surface area (Å²) in [4.78, 5) is 35.4. The number of amides is 2. The number of hydrogen-bond acceptors (Lipinski definition) is 4. The van der Waals surface area contributed by atoms with E-state index in [2.05, 4.69) is 10.6 Å². The minimum absolute atomic E-state index is 0.244. The van der Waals surface area contributed by atoms with E-state index in [0.717, 1.165) is 5.56 Å². The summed E-state index contributed by atoms with van der Waals surface area (Å²) >= 11 is 0. The van der Waals surface area contributed by atoms with Gasteiger partial charge >= 0.3 is 5.97 Å². The van der Waals surface area contributed by atoms with Gasteiger partial charge in [-0.3, -0.25) is 14.4 Å². The van der Waals surface area contributed by atoms with Gasteiger partial charge in [0.2, 0.25) is 5.91 Å². The molecule has 2 aromatic rings. The summed E-state index contributed by atoms with van der Waals surface area (Å²) in [6, 6.07) is 14.7. The van der Waals surface area contributed by atoms with Crippen LogP contribution in [-0.4, -0.2) is 42.6 Å². The number of benzene rings is 2. The fraction of sp³-hybridized carbons (Fsp3) is 0.211. The number of ether oxygens (including phenoxy) is 1. The van der Waals surface area contributed by atoms with Crippen molar-refractivity contribution in [3.05, 3.63) is 65.7 Å². The molecule has 0 aliphatic rings. The molecule has 0 spiro atoms. The molecule has 136 valence electrons. The normalized spacial score (nSPS) is 11.3. The maximum absolute atomic E-state index is 12.4. The molecule has 0 bridgehead atoms. The third kappa shape index (κ3) is 5.62. The second kappa shape index (κ2) is 9.22. The third-order valence-electron chi connectivity index (χ3n) is 3.67. The molecule has 7 nitrogen and oxygen atoms in total. The highest BCUT2D eigenvalue weighted by Gasteiger charge is 2.22. The number of carbonyl (C=O) groups excluding carboxylic acids is 2. The number of carboxylic acids is 1. The quantitative estimate of drug-likeness (QED) is 0.660.